The second-order valence-electron chi connectivity index (χ2n) is 5.91. The minimum atomic E-state index is -0.206. The molecule has 0 aromatic rings. The molecular weight excluding hydrogens is 272 g/mol. The van der Waals surface area contributed by atoms with E-state index in [4.69, 9.17) is 4.74 Å². The minimum absolute atomic E-state index is 0.206. The van der Waals surface area contributed by atoms with Crippen LogP contribution in [-0.2, 0) is 9.53 Å². The zero-order chi connectivity index (χ0) is 16.3. The maximum Gasteiger partial charge on any atom is 0.302 e. The molecule has 128 valence electrons. The largest absolute Gasteiger partial charge is 0.462 e. The summed E-state index contributed by atoms with van der Waals surface area (Å²) >= 11 is 0. The van der Waals surface area contributed by atoms with E-state index in [1.54, 1.807) is 0 Å². The van der Waals surface area contributed by atoms with Crippen molar-refractivity contribution in [1.82, 2.24) is 0 Å². The Morgan fingerprint density at radius 1 is 0.727 bits per heavy atom. The molecule has 0 aliphatic carbocycles. The first-order valence-corrected chi connectivity index (χ1v) is 9.20. The SMILES string of the molecule is CC/C=C\CCCCCCCCCCC/C=C/COC(C)=O. The normalized spacial score (nSPS) is 11.5. The molecule has 2 heteroatoms. The van der Waals surface area contributed by atoms with Gasteiger partial charge in [-0.25, -0.2) is 0 Å². The number of rotatable bonds is 15. The molecule has 0 atom stereocenters. The van der Waals surface area contributed by atoms with Gasteiger partial charge in [-0.3, -0.25) is 4.79 Å². The molecule has 0 aliphatic heterocycles. The first kappa shape index (κ1) is 20.9. The van der Waals surface area contributed by atoms with E-state index in [0.29, 0.717) is 6.61 Å². The standard InChI is InChI=1S/C20H36O2/c1-3-4-5-6-7-8-9-10-11-12-13-14-15-16-17-18-19-22-20(2)21/h4-5,17-18H,3,6-16,19H2,1-2H3/b5-4-,18-17+. The predicted molar refractivity (Wildman–Crippen MR) is 96.0 cm³/mol. The van der Waals surface area contributed by atoms with Crippen LogP contribution in [0.15, 0.2) is 24.3 Å². The summed E-state index contributed by atoms with van der Waals surface area (Å²) in [7, 11) is 0. The quantitative estimate of drug-likeness (QED) is 0.200. The van der Waals surface area contributed by atoms with Crippen LogP contribution in [0.25, 0.3) is 0 Å². The van der Waals surface area contributed by atoms with Crippen LogP contribution in [0.2, 0.25) is 0 Å². The summed E-state index contributed by atoms with van der Waals surface area (Å²) in [6.07, 6.45) is 24.4. The van der Waals surface area contributed by atoms with Crippen LogP contribution < -0.4 is 0 Å². The van der Waals surface area contributed by atoms with Gasteiger partial charge in [0.2, 0.25) is 0 Å². The Kier molecular flexibility index (Phi) is 17.1. The highest BCUT2D eigenvalue weighted by Gasteiger charge is 1.92. The summed E-state index contributed by atoms with van der Waals surface area (Å²) in [5.74, 6) is -0.206. The number of hydrogen-bond acceptors (Lipinski definition) is 2. The lowest BCUT2D eigenvalue weighted by Crippen LogP contribution is -1.97. The molecule has 0 spiro atoms. The van der Waals surface area contributed by atoms with Crippen LogP contribution >= 0.6 is 0 Å². The van der Waals surface area contributed by atoms with Crippen molar-refractivity contribution in [1.29, 1.82) is 0 Å². The van der Waals surface area contributed by atoms with Gasteiger partial charge in [0.1, 0.15) is 6.61 Å². The number of carbonyl (C=O) groups is 1. The number of allylic oxidation sites excluding steroid dienone is 3. The maximum atomic E-state index is 10.5. The van der Waals surface area contributed by atoms with Crippen molar-refractivity contribution in [3.05, 3.63) is 24.3 Å². The zero-order valence-corrected chi connectivity index (χ0v) is 14.8. The molecule has 0 aromatic carbocycles. The van der Waals surface area contributed by atoms with E-state index in [-0.39, 0.29) is 5.97 Å². The number of ether oxygens (including phenoxy) is 1. The van der Waals surface area contributed by atoms with Crippen molar-refractivity contribution in [3.8, 4) is 0 Å². The first-order valence-electron chi connectivity index (χ1n) is 9.20. The summed E-state index contributed by atoms with van der Waals surface area (Å²) < 4.78 is 4.83. The van der Waals surface area contributed by atoms with Crippen molar-refractivity contribution >= 4 is 5.97 Å². The van der Waals surface area contributed by atoms with Crippen LogP contribution in [0.3, 0.4) is 0 Å². The Labute approximate surface area is 138 Å². The van der Waals surface area contributed by atoms with Gasteiger partial charge in [-0.15, -0.1) is 0 Å². The molecule has 0 heterocycles. The molecule has 0 N–H and O–H groups in total. The molecule has 0 bridgehead atoms. The number of esters is 1. The van der Waals surface area contributed by atoms with Gasteiger partial charge in [0.05, 0.1) is 0 Å². The highest BCUT2D eigenvalue weighted by atomic mass is 16.5. The molecule has 0 aliphatic rings. The molecule has 0 saturated heterocycles. The molecule has 0 aromatic heterocycles. The maximum absolute atomic E-state index is 10.5. The van der Waals surface area contributed by atoms with E-state index >= 15 is 0 Å². The van der Waals surface area contributed by atoms with Crippen molar-refractivity contribution in [2.45, 2.75) is 90.9 Å². The Morgan fingerprint density at radius 2 is 1.18 bits per heavy atom. The summed E-state index contributed by atoms with van der Waals surface area (Å²) in [6.45, 7) is 4.05. The van der Waals surface area contributed by atoms with Gasteiger partial charge in [-0.1, -0.05) is 76.2 Å². The second-order valence-corrected chi connectivity index (χ2v) is 5.91. The van der Waals surface area contributed by atoms with Crippen LogP contribution in [-0.4, -0.2) is 12.6 Å². The van der Waals surface area contributed by atoms with E-state index in [9.17, 15) is 4.79 Å². The molecule has 0 amide bonds. The molecule has 0 radical (unpaired) electrons. The Hall–Kier alpha value is -1.05. The zero-order valence-electron chi connectivity index (χ0n) is 14.8. The van der Waals surface area contributed by atoms with Crippen LogP contribution in [0.5, 0.6) is 0 Å². The predicted octanol–water partition coefficient (Wildman–Crippen LogP) is 6.36. The lowest BCUT2D eigenvalue weighted by molar-refractivity contribution is -0.139. The lowest BCUT2D eigenvalue weighted by Gasteiger charge is -2.01. The summed E-state index contributed by atoms with van der Waals surface area (Å²) in [5, 5.41) is 0. The smallest absolute Gasteiger partial charge is 0.302 e. The molecule has 0 saturated carbocycles. The molecular formula is C20H36O2. The molecule has 0 unspecified atom stereocenters. The van der Waals surface area contributed by atoms with Gasteiger partial charge < -0.3 is 4.74 Å². The summed E-state index contributed by atoms with van der Waals surface area (Å²) in [6, 6.07) is 0. The number of hydrogen-bond donors (Lipinski definition) is 0. The van der Waals surface area contributed by atoms with E-state index in [0.717, 1.165) is 6.42 Å². The fourth-order valence-electron chi connectivity index (χ4n) is 2.40. The molecule has 0 fully saturated rings. The summed E-state index contributed by atoms with van der Waals surface area (Å²) in [5.41, 5.74) is 0. The van der Waals surface area contributed by atoms with Crippen molar-refractivity contribution in [2.75, 3.05) is 6.61 Å². The first-order chi connectivity index (χ1) is 10.8. The van der Waals surface area contributed by atoms with Gasteiger partial charge in [0, 0.05) is 6.92 Å². The highest BCUT2D eigenvalue weighted by molar-refractivity contribution is 5.65. The van der Waals surface area contributed by atoms with Crippen molar-refractivity contribution in [3.63, 3.8) is 0 Å². The number of carbonyl (C=O) groups excluding carboxylic acids is 1. The Morgan fingerprint density at radius 3 is 1.64 bits per heavy atom. The second kappa shape index (κ2) is 18.0. The van der Waals surface area contributed by atoms with E-state index in [2.05, 4.69) is 25.2 Å². The van der Waals surface area contributed by atoms with Gasteiger partial charge in [0.25, 0.3) is 0 Å². The van der Waals surface area contributed by atoms with E-state index < -0.39 is 0 Å². The third-order valence-corrected chi connectivity index (χ3v) is 3.69. The average molecular weight is 309 g/mol. The molecule has 22 heavy (non-hydrogen) atoms. The Balaban J connectivity index is 3.08. The van der Waals surface area contributed by atoms with Gasteiger partial charge >= 0.3 is 5.97 Å². The fourth-order valence-corrected chi connectivity index (χ4v) is 2.40. The van der Waals surface area contributed by atoms with Crippen LogP contribution in [0, 0.1) is 0 Å². The fraction of sp³-hybridized carbons (Fsp3) is 0.750. The van der Waals surface area contributed by atoms with Crippen molar-refractivity contribution in [2.24, 2.45) is 0 Å². The minimum Gasteiger partial charge on any atom is -0.462 e. The molecule has 0 rings (SSSR count). The summed E-state index contributed by atoms with van der Waals surface area (Å²) in [4.78, 5) is 10.5. The van der Waals surface area contributed by atoms with Crippen LogP contribution in [0.4, 0.5) is 0 Å². The highest BCUT2D eigenvalue weighted by Crippen LogP contribution is 2.11. The Bertz CT molecular complexity index is 292. The van der Waals surface area contributed by atoms with E-state index in [1.807, 2.05) is 6.08 Å². The van der Waals surface area contributed by atoms with Gasteiger partial charge in [0.15, 0.2) is 0 Å². The lowest BCUT2D eigenvalue weighted by atomic mass is 10.1. The van der Waals surface area contributed by atoms with Crippen molar-refractivity contribution < 1.29 is 9.53 Å². The van der Waals surface area contributed by atoms with E-state index in [1.165, 1.54) is 77.6 Å². The molecule has 2 nitrogen and oxygen atoms in total. The average Bonchev–Trinajstić information content (AvgIpc) is 2.50. The third-order valence-electron chi connectivity index (χ3n) is 3.69. The monoisotopic (exact) mass is 308 g/mol. The van der Waals surface area contributed by atoms with Gasteiger partial charge in [-0.05, 0) is 32.1 Å². The topological polar surface area (TPSA) is 26.3 Å². The van der Waals surface area contributed by atoms with Gasteiger partial charge in [-0.2, -0.15) is 0 Å². The van der Waals surface area contributed by atoms with Crippen LogP contribution in [0.1, 0.15) is 90.9 Å². The third kappa shape index (κ3) is 18.9. The number of unbranched alkanes of at least 4 members (excludes halogenated alkanes) is 10.